The molecule has 0 aliphatic carbocycles. The summed E-state index contributed by atoms with van der Waals surface area (Å²) < 4.78 is 0. The predicted molar refractivity (Wildman–Crippen MR) is 145 cm³/mol. The largest absolute Gasteiger partial charge is 0.508 e. The van der Waals surface area contributed by atoms with E-state index < -0.39 is 66.2 Å². The second-order valence-electron chi connectivity index (χ2n) is 9.55. The maximum atomic E-state index is 13.2. The summed E-state index contributed by atoms with van der Waals surface area (Å²) >= 11 is 0. The number of phenolic OH excluding ortho intramolecular Hbond substituents is 1. The Morgan fingerprint density at radius 2 is 1.48 bits per heavy atom. The van der Waals surface area contributed by atoms with Crippen molar-refractivity contribution in [1.29, 1.82) is 0 Å². The summed E-state index contributed by atoms with van der Waals surface area (Å²) in [5, 5.41) is 35.1. The van der Waals surface area contributed by atoms with Crippen molar-refractivity contribution >= 4 is 35.6 Å². The van der Waals surface area contributed by atoms with Gasteiger partial charge in [-0.2, -0.15) is 0 Å². The van der Waals surface area contributed by atoms with E-state index in [2.05, 4.69) is 20.9 Å². The van der Waals surface area contributed by atoms with Gasteiger partial charge in [-0.15, -0.1) is 0 Å². The van der Waals surface area contributed by atoms with Gasteiger partial charge in [0.15, 0.2) is 5.96 Å². The van der Waals surface area contributed by atoms with Crippen molar-refractivity contribution in [3.05, 3.63) is 29.8 Å². The number of nitrogens with two attached hydrogens (primary N) is 3. The minimum absolute atomic E-state index is 0.0126. The summed E-state index contributed by atoms with van der Waals surface area (Å²) in [5.74, 6) is -5.37. The Hall–Kier alpha value is -4.40. The summed E-state index contributed by atoms with van der Waals surface area (Å²) in [6.07, 6.45) is -0.474. The van der Waals surface area contributed by atoms with E-state index in [0.29, 0.717) is 5.56 Å². The van der Waals surface area contributed by atoms with E-state index in [1.165, 1.54) is 12.1 Å². The molecule has 15 heteroatoms. The third-order valence-corrected chi connectivity index (χ3v) is 5.82. The number of amides is 3. The Balaban J connectivity index is 2.99. The van der Waals surface area contributed by atoms with Crippen molar-refractivity contribution in [3.63, 3.8) is 0 Å². The van der Waals surface area contributed by atoms with Crippen molar-refractivity contribution in [1.82, 2.24) is 16.0 Å². The Bertz CT molecular complexity index is 1060. The predicted octanol–water partition coefficient (Wildman–Crippen LogP) is -1.62. The van der Waals surface area contributed by atoms with E-state index in [1.54, 1.807) is 26.0 Å². The molecule has 0 saturated carbocycles. The van der Waals surface area contributed by atoms with Crippen LogP contribution in [-0.4, -0.2) is 81.7 Å². The third-order valence-electron chi connectivity index (χ3n) is 5.82. The number of hydrogen-bond acceptors (Lipinski definition) is 8. The molecular formula is C25H39N7O8. The topological polar surface area (TPSA) is 273 Å². The maximum Gasteiger partial charge on any atom is 0.326 e. The van der Waals surface area contributed by atoms with E-state index in [9.17, 15) is 34.2 Å². The summed E-state index contributed by atoms with van der Waals surface area (Å²) in [5.41, 5.74) is 17.3. The highest BCUT2D eigenvalue weighted by Gasteiger charge is 2.31. The molecule has 3 amide bonds. The number of nitrogens with one attached hydrogen (secondary N) is 3. The second kappa shape index (κ2) is 16.5. The van der Waals surface area contributed by atoms with Crippen LogP contribution in [0.4, 0.5) is 0 Å². The second-order valence-corrected chi connectivity index (χ2v) is 9.55. The molecule has 0 spiro atoms. The number of nitrogens with zero attached hydrogens (tertiary/aromatic N) is 1. The van der Waals surface area contributed by atoms with E-state index >= 15 is 0 Å². The van der Waals surface area contributed by atoms with Gasteiger partial charge < -0.3 is 48.5 Å². The number of rotatable bonds is 17. The number of carboxylic acid groups (broad SMARTS) is 2. The van der Waals surface area contributed by atoms with Gasteiger partial charge in [0.2, 0.25) is 17.7 Å². The number of phenols is 1. The number of carbonyl (C=O) groups excluding carboxylic acids is 3. The number of guanidine groups is 1. The number of aliphatic imine (C=N–C) groups is 1. The average molecular weight is 566 g/mol. The number of carbonyl (C=O) groups is 5. The zero-order valence-electron chi connectivity index (χ0n) is 22.5. The van der Waals surface area contributed by atoms with E-state index in [0.717, 1.165) is 0 Å². The summed E-state index contributed by atoms with van der Waals surface area (Å²) in [7, 11) is 0. The molecule has 0 aliphatic heterocycles. The van der Waals surface area contributed by atoms with Crippen molar-refractivity contribution in [3.8, 4) is 5.75 Å². The molecule has 0 aromatic heterocycles. The lowest BCUT2D eigenvalue weighted by Crippen LogP contribution is -2.58. The molecule has 0 bridgehead atoms. The SMILES string of the molecule is CC(C)C(NC(=O)C(N)Cc1ccc(O)cc1)C(=O)NC(CCCN=C(N)N)C(=O)NC(CCC(=O)O)C(=O)O. The fraction of sp³-hybridized carbons (Fsp3) is 0.520. The maximum absolute atomic E-state index is 13.2. The highest BCUT2D eigenvalue weighted by atomic mass is 16.4. The normalized spacial score (nSPS) is 13.8. The van der Waals surface area contributed by atoms with Crippen molar-refractivity contribution in [2.75, 3.05) is 6.54 Å². The highest BCUT2D eigenvalue weighted by Crippen LogP contribution is 2.12. The first-order valence-corrected chi connectivity index (χ1v) is 12.7. The minimum atomic E-state index is -1.50. The summed E-state index contributed by atoms with van der Waals surface area (Å²) in [6, 6.07) is 1.30. The smallest absolute Gasteiger partial charge is 0.326 e. The lowest BCUT2D eigenvalue weighted by atomic mass is 10.00. The molecule has 40 heavy (non-hydrogen) atoms. The fourth-order valence-electron chi connectivity index (χ4n) is 3.61. The van der Waals surface area contributed by atoms with Crippen LogP contribution < -0.4 is 33.2 Å². The van der Waals surface area contributed by atoms with Gasteiger partial charge in [0.25, 0.3) is 0 Å². The van der Waals surface area contributed by atoms with Crippen LogP contribution in [0.2, 0.25) is 0 Å². The van der Waals surface area contributed by atoms with Gasteiger partial charge in [0.05, 0.1) is 6.04 Å². The molecule has 0 fully saturated rings. The number of hydrogen-bond donors (Lipinski definition) is 9. The van der Waals surface area contributed by atoms with Gasteiger partial charge in [-0.05, 0) is 49.3 Å². The Morgan fingerprint density at radius 1 is 0.875 bits per heavy atom. The number of aliphatic carboxylic acids is 2. The highest BCUT2D eigenvalue weighted by molar-refractivity contribution is 5.94. The number of aromatic hydroxyl groups is 1. The molecule has 4 atom stereocenters. The molecule has 12 N–H and O–H groups in total. The van der Waals surface area contributed by atoms with E-state index in [4.69, 9.17) is 22.3 Å². The van der Waals surface area contributed by atoms with Crippen LogP contribution >= 0.6 is 0 Å². The van der Waals surface area contributed by atoms with Crippen molar-refractivity contribution in [2.24, 2.45) is 28.1 Å². The van der Waals surface area contributed by atoms with Crippen LogP contribution in [0.15, 0.2) is 29.3 Å². The fourth-order valence-corrected chi connectivity index (χ4v) is 3.61. The van der Waals surface area contributed by atoms with Gasteiger partial charge in [-0.3, -0.25) is 24.2 Å². The molecule has 1 rings (SSSR count). The standard InChI is InChI=1S/C25H39N7O8/c1-13(2)20(32-21(36)16(26)12-14-5-7-15(33)8-6-14)23(38)30-17(4-3-11-29-25(27)28)22(37)31-18(24(39)40)9-10-19(34)35/h5-8,13,16-18,20,33H,3-4,9-12,26H2,1-2H3,(H,30,38)(H,31,37)(H,32,36)(H,34,35)(H,39,40)(H4,27,28,29). The molecule has 4 unspecified atom stereocenters. The monoisotopic (exact) mass is 565 g/mol. The van der Waals surface area contributed by atoms with Crippen molar-refractivity contribution < 1.29 is 39.3 Å². The van der Waals surface area contributed by atoms with E-state index in [1.807, 2.05) is 0 Å². The molecule has 222 valence electrons. The quantitative estimate of drug-likeness (QED) is 0.0587. The van der Waals surface area contributed by atoms with Crippen LogP contribution in [0.1, 0.15) is 45.1 Å². The van der Waals surface area contributed by atoms with Gasteiger partial charge in [-0.25, -0.2) is 4.79 Å². The van der Waals surface area contributed by atoms with Gasteiger partial charge in [0, 0.05) is 13.0 Å². The number of carboxylic acids is 2. The molecule has 1 aromatic rings. The molecule has 0 saturated heterocycles. The van der Waals surface area contributed by atoms with Crippen LogP contribution in [0, 0.1) is 5.92 Å². The summed E-state index contributed by atoms with van der Waals surface area (Å²) in [6.45, 7) is 3.48. The first-order chi connectivity index (χ1) is 18.7. The summed E-state index contributed by atoms with van der Waals surface area (Å²) in [4.78, 5) is 65.2. The molecule has 15 nitrogen and oxygen atoms in total. The Kier molecular flexibility index (Phi) is 13.9. The van der Waals surface area contributed by atoms with Crippen LogP contribution in [0.5, 0.6) is 5.75 Å². The lowest BCUT2D eigenvalue weighted by Gasteiger charge is -2.27. The van der Waals surface area contributed by atoms with Crippen molar-refractivity contribution in [2.45, 2.75) is 70.1 Å². The first kappa shape index (κ1) is 33.6. The average Bonchev–Trinajstić information content (AvgIpc) is 2.86. The van der Waals surface area contributed by atoms with Gasteiger partial charge in [0.1, 0.15) is 23.9 Å². The van der Waals surface area contributed by atoms with Crippen LogP contribution in [0.25, 0.3) is 0 Å². The van der Waals surface area contributed by atoms with Gasteiger partial charge in [-0.1, -0.05) is 26.0 Å². The Morgan fingerprint density at radius 3 is 2.00 bits per heavy atom. The first-order valence-electron chi connectivity index (χ1n) is 12.7. The lowest BCUT2D eigenvalue weighted by molar-refractivity contribution is -0.143. The zero-order chi connectivity index (χ0) is 30.4. The minimum Gasteiger partial charge on any atom is -0.508 e. The molecular weight excluding hydrogens is 526 g/mol. The van der Waals surface area contributed by atoms with E-state index in [-0.39, 0.29) is 43.9 Å². The van der Waals surface area contributed by atoms with Crippen LogP contribution in [0.3, 0.4) is 0 Å². The zero-order valence-corrected chi connectivity index (χ0v) is 22.5. The third kappa shape index (κ3) is 12.4. The Labute approximate surface area is 231 Å². The number of benzene rings is 1. The molecule has 0 aliphatic rings. The van der Waals surface area contributed by atoms with Gasteiger partial charge >= 0.3 is 11.9 Å². The molecule has 0 heterocycles. The van der Waals surface area contributed by atoms with Crippen LogP contribution in [-0.2, 0) is 30.4 Å². The molecule has 1 aromatic carbocycles. The molecule has 0 radical (unpaired) electrons.